The van der Waals surface area contributed by atoms with E-state index in [0.29, 0.717) is 10.8 Å². The molecule has 0 aromatic heterocycles. The first-order valence-corrected chi connectivity index (χ1v) is 8.01. The van der Waals surface area contributed by atoms with Gasteiger partial charge in [-0.2, -0.15) is 0 Å². The van der Waals surface area contributed by atoms with Gasteiger partial charge in [-0.05, 0) is 61.2 Å². The van der Waals surface area contributed by atoms with Gasteiger partial charge in [0.1, 0.15) is 0 Å². The molecular formula is C17H32. The summed E-state index contributed by atoms with van der Waals surface area (Å²) in [5, 5.41) is 0. The summed E-state index contributed by atoms with van der Waals surface area (Å²) in [7, 11) is 0. The van der Waals surface area contributed by atoms with Crippen molar-refractivity contribution in [3.05, 3.63) is 0 Å². The van der Waals surface area contributed by atoms with Crippen LogP contribution in [0.2, 0.25) is 0 Å². The van der Waals surface area contributed by atoms with E-state index in [0.717, 1.165) is 11.8 Å². The zero-order valence-electron chi connectivity index (χ0n) is 12.5. The number of hydrogen-bond donors (Lipinski definition) is 0. The Balaban J connectivity index is 2.18. The van der Waals surface area contributed by atoms with Gasteiger partial charge in [0.05, 0.1) is 0 Å². The smallest absolute Gasteiger partial charge is 0.0274 e. The van der Waals surface area contributed by atoms with Gasteiger partial charge in [0.2, 0.25) is 0 Å². The molecule has 17 heavy (non-hydrogen) atoms. The van der Waals surface area contributed by atoms with Gasteiger partial charge in [-0.25, -0.2) is 0 Å². The molecule has 0 atom stereocenters. The van der Waals surface area contributed by atoms with E-state index in [4.69, 9.17) is 0 Å². The van der Waals surface area contributed by atoms with E-state index < -0.39 is 0 Å². The Morgan fingerprint density at radius 2 is 0.765 bits per heavy atom. The lowest BCUT2D eigenvalue weighted by atomic mass is 9.56. The summed E-state index contributed by atoms with van der Waals surface area (Å²) >= 11 is 0. The summed E-state index contributed by atoms with van der Waals surface area (Å²) in [5.41, 5.74) is 1.42. The van der Waals surface area contributed by atoms with Crippen LogP contribution in [0.3, 0.4) is 0 Å². The molecule has 0 spiro atoms. The largest absolute Gasteiger partial charge is 0.0622 e. The summed E-state index contributed by atoms with van der Waals surface area (Å²) in [6.45, 7) is 9.88. The van der Waals surface area contributed by atoms with Crippen molar-refractivity contribution in [1.29, 1.82) is 0 Å². The molecular weight excluding hydrogens is 204 g/mol. The zero-order valence-corrected chi connectivity index (χ0v) is 12.5. The average molecular weight is 236 g/mol. The van der Waals surface area contributed by atoms with Gasteiger partial charge in [-0.15, -0.1) is 0 Å². The summed E-state index contributed by atoms with van der Waals surface area (Å²) in [4.78, 5) is 0. The lowest BCUT2D eigenvalue weighted by Gasteiger charge is -2.49. The molecule has 0 saturated heterocycles. The fourth-order valence-electron chi connectivity index (χ4n) is 4.86. The molecule has 100 valence electrons. The summed E-state index contributed by atoms with van der Waals surface area (Å²) < 4.78 is 0. The van der Waals surface area contributed by atoms with Crippen LogP contribution in [-0.2, 0) is 0 Å². The van der Waals surface area contributed by atoms with Gasteiger partial charge in [0.25, 0.3) is 0 Å². The summed E-state index contributed by atoms with van der Waals surface area (Å²) in [5.74, 6) is 1.79. The fraction of sp³-hybridized carbons (Fsp3) is 1.00. The third kappa shape index (κ3) is 2.42. The standard InChI is InChI=1S/C17H32/c1-14(2)16-8-5-11-17(15(3)4,12-6-9-16)13-7-10-16/h14-15H,5-13H2,1-4H3. The highest BCUT2D eigenvalue weighted by Gasteiger charge is 2.42. The van der Waals surface area contributed by atoms with E-state index in [1.54, 1.807) is 0 Å². The highest BCUT2D eigenvalue weighted by Crippen LogP contribution is 2.54. The second-order valence-electron chi connectivity index (χ2n) is 7.59. The fourth-order valence-corrected chi connectivity index (χ4v) is 4.86. The van der Waals surface area contributed by atoms with Crippen molar-refractivity contribution in [2.45, 2.75) is 85.5 Å². The summed E-state index contributed by atoms with van der Waals surface area (Å²) in [6.07, 6.45) is 13.6. The molecule has 0 unspecified atom stereocenters. The Kier molecular flexibility index (Phi) is 3.90. The molecule has 3 saturated carbocycles. The van der Waals surface area contributed by atoms with Crippen LogP contribution >= 0.6 is 0 Å². The maximum Gasteiger partial charge on any atom is -0.0274 e. The second-order valence-corrected chi connectivity index (χ2v) is 7.59. The number of fused-ring (bicyclic) bond motifs is 6. The quantitative estimate of drug-likeness (QED) is 0.567. The highest BCUT2D eigenvalue weighted by molar-refractivity contribution is 4.93. The van der Waals surface area contributed by atoms with Crippen LogP contribution in [0.5, 0.6) is 0 Å². The summed E-state index contributed by atoms with van der Waals surface area (Å²) in [6, 6.07) is 0. The van der Waals surface area contributed by atoms with Gasteiger partial charge in [0, 0.05) is 0 Å². The lowest BCUT2D eigenvalue weighted by Crippen LogP contribution is -2.37. The van der Waals surface area contributed by atoms with Gasteiger partial charge in [-0.3, -0.25) is 0 Å². The topological polar surface area (TPSA) is 0 Å². The molecule has 0 amide bonds. The minimum atomic E-state index is 0.712. The van der Waals surface area contributed by atoms with E-state index in [1.807, 2.05) is 0 Å². The molecule has 0 heterocycles. The van der Waals surface area contributed by atoms with Gasteiger partial charge < -0.3 is 0 Å². The molecule has 2 bridgehead atoms. The van der Waals surface area contributed by atoms with Crippen LogP contribution < -0.4 is 0 Å². The number of rotatable bonds is 2. The first kappa shape index (κ1) is 13.4. The zero-order chi connectivity index (χ0) is 12.5. The van der Waals surface area contributed by atoms with Crippen molar-refractivity contribution >= 4 is 0 Å². The minimum absolute atomic E-state index is 0.712. The molecule has 0 N–H and O–H groups in total. The molecule has 3 aliphatic rings. The third-order valence-electron chi connectivity index (χ3n) is 6.50. The maximum absolute atomic E-state index is 2.47. The molecule has 0 radical (unpaired) electrons. The Labute approximate surface area is 109 Å². The molecule has 0 aromatic rings. The Bertz CT molecular complexity index is 195. The molecule has 3 rings (SSSR count). The predicted molar refractivity (Wildman–Crippen MR) is 76.1 cm³/mol. The van der Waals surface area contributed by atoms with E-state index in [1.165, 1.54) is 57.8 Å². The predicted octanol–water partition coefficient (Wildman–Crippen LogP) is 5.81. The first-order chi connectivity index (χ1) is 8.01. The van der Waals surface area contributed by atoms with Crippen molar-refractivity contribution in [1.82, 2.24) is 0 Å². The normalized spacial score (nSPS) is 39.2. The van der Waals surface area contributed by atoms with Crippen LogP contribution in [0.15, 0.2) is 0 Å². The Morgan fingerprint density at radius 1 is 0.529 bits per heavy atom. The molecule has 3 aliphatic carbocycles. The number of hydrogen-bond acceptors (Lipinski definition) is 0. The van der Waals surface area contributed by atoms with Crippen molar-refractivity contribution in [3.63, 3.8) is 0 Å². The SMILES string of the molecule is CC(C)C12CCCC(C(C)C)(CCC1)CCC2. The van der Waals surface area contributed by atoms with Crippen molar-refractivity contribution < 1.29 is 0 Å². The van der Waals surface area contributed by atoms with E-state index in [2.05, 4.69) is 27.7 Å². The van der Waals surface area contributed by atoms with Gasteiger partial charge in [0.15, 0.2) is 0 Å². The van der Waals surface area contributed by atoms with Crippen LogP contribution in [0.25, 0.3) is 0 Å². The Hall–Kier alpha value is 0. The van der Waals surface area contributed by atoms with Crippen LogP contribution in [0.1, 0.15) is 85.5 Å². The monoisotopic (exact) mass is 236 g/mol. The van der Waals surface area contributed by atoms with Gasteiger partial charge >= 0.3 is 0 Å². The maximum atomic E-state index is 2.47. The average Bonchev–Trinajstić information content (AvgIpc) is 2.14. The van der Waals surface area contributed by atoms with E-state index in [-0.39, 0.29) is 0 Å². The van der Waals surface area contributed by atoms with Crippen molar-refractivity contribution in [2.75, 3.05) is 0 Å². The third-order valence-corrected chi connectivity index (χ3v) is 6.50. The second kappa shape index (κ2) is 4.94. The molecule has 0 aliphatic heterocycles. The molecule has 0 heteroatoms. The van der Waals surface area contributed by atoms with Crippen LogP contribution in [0.4, 0.5) is 0 Å². The van der Waals surface area contributed by atoms with Crippen molar-refractivity contribution in [3.8, 4) is 0 Å². The van der Waals surface area contributed by atoms with E-state index in [9.17, 15) is 0 Å². The van der Waals surface area contributed by atoms with Crippen molar-refractivity contribution in [2.24, 2.45) is 22.7 Å². The van der Waals surface area contributed by atoms with Crippen LogP contribution in [-0.4, -0.2) is 0 Å². The Morgan fingerprint density at radius 3 is 0.941 bits per heavy atom. The molecule has 0 aromatic carbocycles. The van der Waals surface area contributed by atoms with E-state index >= 15 is 0 Å². The first-order valence-electron chi connectivity index (χ1n) is 8.01. The molecule has 3 fully saturated rings. The highest BCUT2D eigenvalue weighted by atomic mass is 14.5. The minimum Gasteiger partial charge on any atom is -0.0622 e. The lowest BCUT2D eigenvalue weighted by molar-refractivity contribution is 0.0224. The molecule has 0 nitrogen and oxygen atoms in total. The van der Waals surface area contributed by atoms with Crippen LogP contribution in [0, 0.1) is 22.7 Å². The van der Waals surface area contributed by atoms with Gasteiger partial charge in [-0.1, -0.05) is 47.0 Å².